The first kappa shape index (κ1) is 45.0. The Bertz CT molecular complexity index is 2260. The molecule has 64 heavy (non-hydrogen) atoms. The van der Waals surface area contributed by atoms with Crippen molar-refractivity contribution in [2.24, 2.45) is 23.7 Å². The van der Waals surface area contributed by atoms with Crippen LogP contribution in [0.25, 0.3) is 32.7 Å². The molecule has 0 saturated heterocycles. The molecule has 2 aliphatic rings. The minimum absolute atomic E-state index is 0.368. The molecule has 6 heteroatoms. The number of ether oxygens (including phenoxy) is 4. The molecule has 8 rings (SSSR count). The molecule has 2 aliphatic carbocycles. The van der Waals surface area contributed by atoms with Crippen LogP contribution < -0.4 is 18.9 Å². The lowest BCUT2D eigenvalue weighted by Gasteiger charge is -2.28. The third-order valence-electron chi connectivity index (χ3n) is 14.0. The van der Waals surface area contributed by atoms with Crippen molar-refractivity contribution in [3.63, 3.8) is 0 Å². The Kier molecular flexibility index (Phi) is 15.7. The lowest BCUT2D eigenvalue weighted by Crippen LogP contribution is -2.15. The third-order valence-corrected chi connectivity index (χ3v) is 14.0. The largest absolute Gasteiger partial charge is 0.494 e. The highest BCUT2D eigenvalue weighted by molar-refractivity contribution is 6.11. The minimum atomic E-state index is -0.489. The van der Waals surface area contributed by atoms with E-state index >= 15 is 0 Å². The number of carbonyl (C=O) groups is 2. The molecule has 0 unspecified atom stereocenters. The molecule has 0 aliphatic heterocycles. The Balaban J connectivity index is 0.943. The summed E-state index contributed by atoms with van der Waals surface area (Å²) in [5.74, 6) is 4.72. The molecule has 6 aromatic rings. The molecular formula is C58H66O6. The van der Waals surface area contributed by atoms with Gasteiger partial charge in [0, 0.05) is 11.1 Å². The van der Waals surface area contributed by atoms with Gasteiger partial charge in [-0.2, -0.15) is 0 Å². The van der Waals surface area contributed by atoms with Gasteiger partial charge in [-0.05, 0) is 132 Å². The topological polar surface area (TPSA) is 71.1 Å². The minimum Gasteiger partial charge on any atom is -0.494 e. The number of esters is 2. The van der Waals surface area contributed by atoms with E-state index in [4.69, 9.17) is 18.9 Å². The van der Waals surface area contributed by atoms with Crippen molar-refractivity contribution in [2.75, 3.05) is 13.2 Å². The Morgan fingerprint density at radius 3 is 1.17 bits per heavy atom. The van der Waals surface area contributed by atoms with E-state index < -0.39 is 11.9 Å². The number of rotatable bonds is 19. The highest BCUT2D eigenvalue weighted by Crippen LogP contribution is 2.46. The molecule has 0 atom stereocenters. The summed E-state index contributed by atoms with van der Waals surface area (Å²) in [4.78, 5) is 27.8. The van der Waals surface area contributed by atoms with Crippen LogP contribution in [0.5, 0.6) is 23.0 Å². The average molecular weight is 859 g/mol. The van der Waals surface area contributed by atoms with Crippen molar-refractivity contribution >= 4 is 33.5 Å². The molecular weight excluding hydrogens is 793 g/mol. The van der Waals surface area contributed by atoms with E-state index in [1.165, 1.54) is 89.9 Å². The van der Waals surface area contributed by atoms with Gasteiger partial charge in [0.1, 0.15) is 23.0 Å². The number of carbonyl (C=O) groups excluding carboxylic acids is 2. The van der Waals surface area contributed by atoms with Gasteiger partial charge < -0.3 is 18.9 Å². The van der Waals surface area contributed by atoms with E-state index in [0.29, 0.717) is 47.0 Å². The Morgan fingerprint density at radius 2 is 0.797 bits per heavy atom. The quantitative estimate of drug-likeness (QED) is 0.0459. The fourth-order valence-corrected chi connectivity index (χ4v) is 10.4. The van der Waals surface area contributed by atoms with Gasteiger partial charge in [-0.15, -0.1) is 0 Å². The predicted molar refractivity (Wildman–Crippen MR) is 260 cm³/mol. The smallest absolute Gasteiger partial charge is 0.343 e. The zero-order valence-electron chi connectivity index (χ0n) is 38.0. The summed E-state index contributed by atoms with van der Waals surface area (Å²) in [5.41, 5.74) is 2.17. The first-order chi connectivity index (χ1) is 31.4. The van der Waals surface area contributed by atoms with Crippen molar-refractivity contribution in [1.82, 2.24) is 0 Å². The standard InChI is InChI=1S/C58H66O6/c1-3-11-41-19-23-43(24-20-41)13-9-39-61-49-33-27-47(28-34-49)57(59)63-53-37-31-45-15-5-7-17-51(45)55(53)56-52-18-8-6-16-46(52)32-38-54(56)64-58(60)48-29-35-50(36-30-48)62-40-10-14-44-25-21-42(12-4-2)22-26-44/h5-8,15-18,27-38,41-44H,3-4,9-14,19-26,39-40H2,1-2H3/t41-,42-,43-,44-. The second-order valence-electron chi connectivity index (χ2n) is 18.5. The van der Waals surface area contributed by atoms with Crippen LogP contribution in [0.2, 0.25) is 0 Å². The zero-order chi connectivity index (χ0) is 44.1. The van der Waals surface area contributed by atoms with E-state index in [1.54, 1.807) is 24.3 Å². The van der Waals surface area contributed by atoms with Crippen molar-refractivity contribution < 1.29 is 28.5 Å². The average Bonchev–Trinajstić information content (AvgIpc) is 3.33. The third kappa shape index (κ3) is 11.5. The zero-order valence-corrected chi connectivity index (χ0v) is 38.0. The van der Waals surface area contributed by atoms with E-state index in [-0.39, 0.29) is 0 Å². The lowest BCUT2D eigenvalue weighted by molar-refractivity contribution is 0.0723. The molecule has 0 N–H and O–H groups in total. The van der Waals surface area contributed by atoms with Crippen molar-refractivity contribution in [3.05, 3.63) is 132 Å². The number of benzene rings is 6. The Morgan fingerprint density at radius 1 is 0.438 bits per heavy atom. The summed E-state index contributed by atoms with van der Waals surface area (Å²) in [6, 6.07) is 37.9. The second-order valence-corrected chi connectivity index (χ2v) is 18.5. The predicted octanol–water partition coefficient (Wildman–Crippen LogP) is 15.6. The molecule has 0 heterocycles. The summed E-state index contributed by atoms with van der Waals surface area (Å²) < 4.78 is 24.8. The molecule has 6 nitrogen and oxygen atoms in total. The fourth-order valence-electron chi connectivity index (χ4n) is 10.4. The van der Waals surface area contributed by atoms with Gasteiger partial charge in [-0.1, -0.05) is 152 Å². The lowest BCUT2D eigenvalue weighted by atomic mass is 9.78. The van der Waals surface area contributed by atoms with Gasteiger partial charge in [0.2, 0.25) is 0 Å². The van der Waals surface area contributed by atoms with Crippen molar-refractivity contribution in [2.45, 2.75) is 117 Å². The van der Waals surface area contributed by atoms with Crippen LogP contribution in [0.15, 0.2) is 121 Å². The Labute approximate surface area is 380 Å². The fraction of sp³-hybridized carbons (Fsp3) is 0.414. The van der Waals surface area contributed by atoms with Gasteiger partial charge >= 0.3 is 11.9 Å². The number of hydrogen-bond acceptors (Lipinski definition) is 6. The van der Waals surface area contributed by atoms with Crippen LogP contribution in [0, 0.1) is 23.7 Å². The monoisotopic (exact) mass is 858 g/mol. The molecule has 334 valence electrons. The van der Waals surface area contributed by atoms with Crippen LogP contribution in [-0.4, -0.2) is 25.2 Å². The SMILES string of the molecule is CCC[C@H]1CC[C@H](CCCOc2ccc(C(=O)Oc3ccc4ccccc4c3-c3c(OC(=O)c4ccc(OCCC[C@H]5CC[C@H](CCC)CC5)cc4)ccc4ccccc34)cc2)CC1. The van der Waals surface area contributed by atoms with Crippen molar-refractivity contribution in [3.8, 4) is 34.1 Å². The van der Waals surface area contributed by atoms with Gasteiger partial charge in [0.15, 0.2) is 0 Å². The van der Waals surface area contributed by atoms with Gasteiger partial charge in [0.05, 0.1) is 24.3 Å². The highest BCUT2D eigenvalue weighted by Gasteiger charge is 2.24. The molecule has 0 bridgehead atoms. The maximum absolute atomic E-state index is 13.9. The van der Waals surface area contributed by atoms with Crippen LogP contribution in [0.4, 0.5) is 0 Å². The van der Waals surface area contributed by atoms with Gasteiger partial charge in [-0.3, -0.25) is 0 Å². The number of hydrogen-bond donors (Lipinski definition) is 0. The summed E-state index contributed by atoms with van der Waals surface area (Å²) >= 11 is 0. The summed E-state index contributed by atoms with van der Waals surface area (Å²) in [6.45, 7) is 5.91. The van der Waals surface area contributed by atoms with Crippen LogP contribution in [-0.2, 0) is 0 Å². The highest BCUT2D eigenvalue weighted by atomic mass is 16.5. The molecule has 0 spiro atoms. The molecule has 6 aromatic carbocycles. The summed E-state index contributed by atoms with van der Waals surface area (Å²) in [7, 11) is 0. The van der Waals surface area contributed by atoms with Gasteiger partial charge in [0.25, 0.3) is 0 Å². The second kappa shape index (κ2) is 22.3. The summed E-state index contributed by atoms with van der Waals surface area (Å²) in [5, 5.41) is 3.65. The molecule has 2 fully saturated rings. The van der Waals surface area contributed by atoms with E-state index in [0.717, 1.165) is 69.6 Å². The normalized spacial score (nSPS) is 18.7. The molecule has 0 aromatic heterocycles. The molecule has 0 amide bonds. The molecule has 0 radical (unpaired) electrons. The van der Waals surface area contributed by atoms with E-state index in [1.807, 2.05) is 97.1 Å². The first-order valence-electron chi connectivity index (χ1n) is 24.4. The van der Waals surface area contributed by atoms with Crippen molar-refractivity contribution in [1.29, 1.82) is 0 Å². The maximum atomic E-state index is 13.9. The summed E-state index contributed by atoms with van der Waals surface area (Å²) in [6.07, 6.45) is 20.7. The van der Waals surface area contributed by atoms with E-state index in [2.05, 4.69) is 13.8 Å². The maximum Gasteiger partial charge on any atom is 0.343 e. The van der Waals surface area contributed by atoms with Crippen LogP contribution in [0.3, 0.4) is 0 Å². The van der Waals surface area contributed by atoms with Gasteiger partial charge in [-0.25, -0.2) is 9.59 Å². The van der Waals surface area contributed by atoms with Crippen LogP contribution >= 0.6 is 0 Å². The molecule has 2 saturated carbocycles. The van der Waals surface area contributed by atoms with E-state index in [9.17, 15) is 9.59 Å². The Hall–Kier alpha value is -5.62. The number of fused-ring (bicyclic) bond motifs is 2. The first-order valence-corrected chi connectivity index (χ1v) is 24.4. The van der Waals surface area contributed by atoms with Crippen LogP contribution in [0.1, 0.15) is 137 Å².